The molecule has 1 aliphatic rings. The van der Waals surface area contributed by atoms with E-state index in [1.807, 2.05) is 24.7 Å². The lowest BCUT2D eigenvalue weighted by Crippen LogP contribution is -2.27. The van der Waals surface area contributed by atoms with Gasteiger partial charge in [-0.05, 0) is 38.1 Å². The van der Waals surface area contributed by atoms with Crippen molar-refractivity contribution in [1.82, 2.24) is 14.9 Å². The molecule has 1 saturated heterocycles. The molecular formula is C14H19N3O. The molecule has 0 bridgehead atoms. The quantitative estimate of drug-likeness (QED) is 0.898. The molecule has 0 atom stereocenters. The average molecular weight is 245 g/mol. The zero-order chi connectivity index (χ0) is 12.2. The van der Waals surface area contributed by atoms with Crippen molar-refractivity contribution >= 4 is 0 Å². The Hall–Kier alpha value is -1.55. The molecular weight excluding hydrogens is 226 g/mol. The van der Waals surface area contributed by atoms with Crippen molar-refractivity contribution in [3.05, 3.63) is 42.4 Å². The number of nitrogens with zero attached hydrogens (tertiary/aromatic N) is 2. The van der Waals surface area contributed by atoms with Crippen LogP contribution in [0.3, 0.4) is 0 Å². The van der Waals surface area contributed by atoms with Crippen LogP contribution in [0.25, 0.3) is 0 Å². The average Bonchev–Trinajstić information content (AvgIpc) is 3.09. The van der Waals surface area contributed by atoms with Gasteiger partial charge >= 0.3 is 0 Å². The number of nitrogens with one attached hydrogen (secondary N) is 1. The summed E-state index contributed by atoms with van der Waals surface area (Å²) in [6, 6.07) is 3.97. The van der Waals surface area contributed by atoms with E-state index in [1.54, 1.807) is 6.26 Å². The van der Waals surface area contributed by atoms with E-state index < -0.39 is 0 Å². The number of aromatic nitrogens is 2. The van der Waals surface area contributed by atoms with Crippen LogP contribution in [0.1, 0.15) is 30.2 Å². The van der Waals surface area contributed by atoms with Crippen molar-refractivity contribution in [2.24, 2.45) is 0 Å². The van der Waals surface area contributed by atoms with Crippen molar-refractivity contribution in [1.29, 1.82) is 0 Å². The van der Waals surface area contributed by atoms with Crippen molar-refractivity contribution in [2.75, 3.05) is 13.1 Å². The van der Waals surface area contributed by atoms with Gasteiger partial charge in [0.1, 0.15) is 5.76 Å². The lowest BCUT2D eigenvalue weighted by Gasteiger charge is -2.23. The molecule has 1 N–H and O–H groups in total. The second kappa shape index (κ2) is 5.40. The van der Waals surface area contributed by atoms with Gasteiger partial charge in [-0.1, -0.05) is 0 Å². The summed E-state index contributed by atoms with van der Waals surface area (Å²) in [6.07, 6.45) is 9.07. The van der Waals surface area contributed by atoms with Crippen LogP contribution in [0.4, 0.5) is 0 Å². The minimum absolute atomic E-state index is 0.658. The molecule has 0 aliphatic carbocycles. The first-order valence-corrected chi connectivity index (χ1v) is 6.66. The van der Waals surface area contributed by atoms with Crippen LogP contribution >= 0.6 is 0 Å². The van der Waals surface area contributed by atoms with Crippen molar-refractivity contribution in [3.8, 4) is 0 Å². The summed E-state index contributed by atoms with van der Waals surface area (Å²) in [5, 5.41) is 3.41. The Morgan fingerprint density at radius 2 is 2.28 bits per heavy atom. The maximum atomic E-state index is 5.37. The van der Waals surface area contributed by atoms with E-state index in [0.29, 0.717) is 5.92 Å². The van der Waals surface area contributed by atoms with Gasteiger partial charge in [-0.3, -0.25) is 0 Å². The Kier molecular flexibility index (Phi) is 3.46. The third kappa shape index (κ3) is 2.48. The van der Waals surface area contributed by atoms with Gasteiger partial charge in [0.15, 0.2) is 0 Å². The van der Waals surface area contributed by atoms with Gasteiger partial charge in [-0.25, -0.2) is 4.98 Å². The Balaban J connectivity index is 1.67. The Morgan fingerprint density at radius 3 is 3.06 bits per heavy atom. The monoisotopic (exact) mass is 245 g/mol. The summed E-state index contributed by atoms with van der Waals surface area (Å²) in [4.78, 5) is 4.31. The van der Waals surface area contributed by atoms with Crippen LogP contribution in [0.2, 0.25) is 0 Å². The molecule has 3 heterocycles. The van der Waals surface area contributed by atoms with Crippen LogP contribution in [0.15, 0.2) is 35.3 Å². The SMILES string of the molecule is c1coc(CCn2cncc2C2CCNCC2)c1. The summed E-state index contributed by atoms with van der Waals surface area (Å²) in [7, 11) is 0. The predicted molar refractivity (Wildman–Crippen MR) is 69.5 cm³/mol. The number of imidazole rings is 1. The van der Waals surface area contributed by atoms with Crippen molar-refractivity contribution < 1.29 is 4.42 Å². The summed E-state index contributed by atoms with van der Waals surface area (Å²) >= 11 is 0. The number of piperidine rings is 1. The topological polar surface area (TPSA) is 43.0 Å². The largest absolute Gasteiger partial charge is 0.469 e. The molecule has 96 valence electrons. The lowest BCUT2D eigenvalue weighted by molar-refractivity contribution is 0.432. The molecule has 4 nitrogen and oxygen atoms in total. The molecule has 2 aromatic heterocycles. The fourth-order valence-corrected chi connectivity index (χ4v) is 2.66. The van der Waals surface area contributed by atoms with E-state index in [4.69, 9.17) is 4.42 Å². The summed E-state index contributed by atoms with van der Waals surface area (Å²) in [5.41, 5.74) is 1.38. The molecule has 1 fully saturated rings. The van der Waals surface area contributed by atoms with Gasteiger partial charge in [0.05, 0.1) is 12.6 Å². The summed E-state index contributed by atoms with van der Waals surface area (Å²) in [6.45, 7) is 3.19. The van der Waals surface area contributed by atoms with Crippen LogP contribution in [-0.4, -0.2) is 22.6 Å². The highest BCUT2D eigenvalue weighted by Crippen LogP contribution is 2.24. The van der Waals surface area contributed by atoms with Crippen LogP contribution in [0.5, 0.6) is 0 Å². The standard InChI is InChI=1S/C14H19N3O/c1-2-13(18-9-1)5-8-17-11-16-10-14(17)12-3-6-15-7-4-12/h1-2,9-12,15H,3-8H2. The van der Waals surface area contributed by atoms with Gasteiger partial charge in [-0.2, -0.15) is 0 Å². The molecule has 4 heteroatoms. The maximum Gasteiger partial charge on any atom is 0.105 e. The smallest absolute Gasteiger partial charge is 0.105 e. The van der Waals surface area contributed by atoms with Crippen LogP contribution in [-0.2, 0) is 13.0 Å². The number of hydrogen-bond acceptors (Lipinski definition) is 3. The molecule has 18 heavy (non-hydrogen) atoms. The minimum Gasteiger partial charge on any atom is -0.469 e. The molecule has 0 saturated carbocycles. The summed E-state index contributed by atoms with van der Waals surface area (Å²) in [5.74, 6) is 1.70. The highest BCUT2D eigenvalue weighted by molar-refractivity contribution is 5.08. The molecule has 2 aromatic rings. The van der Waals surface area contributed by atoms with Gasteiger partial charge in [-0.15, -0.1) is 0 Å². The summed E-state index contributed by atoms with van der Waals surface area (Å²) < 4.78 is 7.65. The maximum absolute atomic E-state index is 5.37. The first kappa shape index (κ1) is 11.5. The van der Waals surface area contributed by atoms with Gasteiger partial charge in [0.25, 0.3) is 0 Å². The minimum atomic E-state index is 0.658. The first-order chi connectivity index (χ1) is 8.93. The van der Waals surface area contributed by atoms with Gasteiger partial charge < -0.3 is 14.3 Å². The zero-order valence-electron chi connectivity index (χ0n) is 10.5. The van der Waals surface area contributed by atoms with E-state index in [0.717, 1.165) is 31.8 Å². The van der Waals surface area contributed by atoms with E-state index >= 15 is 0 Å². The fraction of sp³-hybridized carbons (Fsp3) is 0.500. The van der Waals surface area contributed by atoms with Gasteiger partial charge in [0, 0.05) is 30.8 Å². The molecule has 0 radical (unpaired) electrons. The zero-order valence-corrected chi connectivity index (χ0v) is 10.5. The Bertz CT molecular complexity index is 469. The first-order valence-electron chi connectivity index (χ1n) is 6.66. The lowest BCUT2D eigenvalue weighted by atomic mass is 9.95. The predicted octanol–water partition coefficient (Wildman–Crippen LogP) is 2.19. The Labute approximate surface area is 107 Å². The normalized spacial score (nSPS) is 17.1. The molecule has 0 unspecified atom stereocenters. The van der Waals surface area contributed by atoms with E-state index in [1.165, 1.54) is 18.5 Å². The van der Waals surface area contributed by atoms with E-state index in [-0.39, 0.29) is 0 Å². The van der Waals surface area contributed by atoms with Crippen LogP contribution in [0, 0.1) is 0 Å². The van der Waals surface area contributed by atoms with E-state index in [9.17, 15) is 0 Å². The molecule has 3 rings (SSSR count). The molecule has 1 aliphatic heterocycles. The fourth-order valence-electron chi connectivity index (χ4n) is 2.66. The number of rotatable bonds is 4. The van der Waals surface area contributed by atoms with E-state index in [2.05, 4.69) is 14.9 Å². The highest BCUT2D eigenvalue weighted by atomic mass is 16.3. The number of furan rings is 1. The highest BCUT2D eigenvalue weighted by Gasteiger charge is 2.18. The third-order valence-corrected chi connectivity index (χ3v) is 3.68. The second-order valence-corrected chi connectivity index (χ2v) is 4.87. The van der Waals surface area contributed by atoms with Crippen molar-refractivity contribution in [2.45, 2.75) is 31.7 Å². The molecule has 0 spiro atoms. The number of aryl methyl sites for hydroxylation is 2. The number of hydrogen-bond donors (Lipinski definition) is 1. The second-order valence-electron chi connectivity index (χ2n) is 4.87. The van der Waals surface area contributed by atoms with Crippen molar-refractivity contribution in [3.63, 3.8) is 0 Å². The van der Waals surface area contributed by atoms with Gasteiger partial charge in [0.2, 0.25) is 0 Å². The Morgan fingerprint density at radius 1 is 1.39 bits per heavy atom. The third-order valence-electron chi connectivity index (χ3n) is 3.68. The van der Waals surface area contributed by atoms with Crippen LogP contribution < -0.4 is 5.32 Å². The molecule has 0 amide bonds. The molecule has 0 aromatic carbocycles.